The number of nitrogens with zero attached hydrogens (tertiary/aromatic N) is 5. The number of phenols is 1. The maximum atomic E-state index is 9.53. The van der Waals surface area contributed by atoms with Crippen LogP contribution in [0.3, 0.4) is 0 Å². The van der Waals surface area contributed by atoms with E-state index in [0.717, 1.165) is 35.5 Å². The van der Waals surface area contributed by atoms with Gasteiger partial charge in [0.1, 0.15) is 5.75 Å². The summed E-state index contributed by atoms with van der Waals surface area (Å²) in [6.45, 7) is 0. The Hall–Kier alpha value is -3.28. The van der Waals surface area contributed by atoms with Gasteiger partial charge in [0, 0.05) is 5.56 Å². The van der Waals surface area contributed by atoms with E-state index < -0.39 is 0 Å². The van der Waals surface area contributed by atoms with Gasteiger partial charge >= 0.3 is 0 Å². The molecular weight excluding hydrogens is 314 g/mol. The second kappa shape index (κ2) is 5.11. The molecule has 1 fully saturated rings. The van der Waals surface area contributed by atoms with Crippen molar-refractivity contribution in [2.45, 2.75) is 18.3 Å². The molecule has 0 atom stereocenters. The van der Waals surface area contributed by atoms with Crippen molar-refractivity contribution < 1.29 is 5.11 Å². The minimum Gasteiger partial charge on any atom is -0.508 e. The number of fused-ring (bicyclic) bond motifs is 1. The topological polar surface area (TPSA) is 76.2 Å². The van der Waals surface area contributed by atoms with E-state index in [2.05, 4.69) is 20.3 Å². The van der Waals surface area contributed by atoms with Crippen molar-refractivity contribution in [2.24, 2.45) is 0 Å². The Kier molecular flexibility index (Phi) is 2.88. The van der Waals surface area contributed by atoms with E-state index in [9.17, 15) is 5.11 Å². The monoisotopic (exact) mass is 329 g/mol. The van der Waals surface area contributed by atoms with E-state index in [1.165, 1.54) is 0 Å². The van der Waals surface area contributed by atoms with Gasteiger partial charge in [0.05, 0.1) is 17.3 Å². The fourth-order valence-corrected chi connectivity index (χ4v) is 3.29. The van der Waals surface area contributed by atoms with E-state index in [0.29, 0.717) is 5.78 Å². The summed E-state index contributed by atoms with van der Waals surface area (Å²) in [4.78, 5) is 4.60. The molecule has 0 bridgehead atoms. The van der Waals surface area contributed by atoms with Crippen molar-refractivity contribution in [3.63, 3.8) is 0 Å². The van der Waals surface area contributed by atoms with Gasteiger partial charge in [-0.1, -0.05) is 42.5 Å². The van der Waals surface area contributed by atoms with Crippen LogP contribution in [0.15, 0.2) is 60.8 Å². The number of benzene rings is 2. The van der Waals surface area contributed by atoms with Crippen LogP contribution in [0.1, 0.15) is 24.2 Å². The lowest BCUT2D eigenvalue weighted by Crippen LogP contribution is -2.15. The Labute approximate surface area is 143 Å². The van der Waals surface area contributed by atoms with E-state index >= 15 is 0 Å². The Bertz CT molecular complexity index is 1050. The number of hydrogen-bond acceptors (Lipinski definition) is 5. The summed E-state index contributed by atoms with van der Waals surface area (Å²) in [5.41, 5.74) is 2.72. The summed E-state index contributed by atoms with van der Waals surface area (Å²) in [6.07, 6.45) is 3.73. The summed E-state index contributed by atoms with van der Waals surface area (Å²) >= 11 is 0. The fraction of sp³-hybridized carbons (Fsp3) is 0.158. The molecule has 2 heterocycles. The third kappa shape index (κ3) is 2.18. The number of hydrogen-bond donors (Lipinski definition) is 1. The normalized spacial score (nSPS) is 15.4. The summed E-state index contributed by atoms with van der Waals surface area (Å²) in [6, 6.07) is 17.2. The molecule has 1 saturated carbocycles. The molecule has 4 aromatic rings. The molecule has 0 spiro atoms. The van der Waals surface area contributed by atoms with Gasteiger partial charge in [0.25, 0.3) is 5.78 Å². The van der Waals surface area contributed by atoms with Gasteiger partial charge in [0.15, 0.2) is 5.82 Å². The third-order valence-electron chi connectivity index (χ3n) is 4.81. The van der Waals surface area contributed by atoms with Crippen molar-refractivity contribution in [1.82, 2.24) is 24.8 Å². The summed E-state index contributed by atoms with van der Waals surface area (Å²) < 4.78 is 1.73. The van der Waals surface area contributed by atoms with Crippen molar-refractivity contribution in [3.05, 3.63) is 72.2 Å². The molecule has 1 aliphatic rings. The van der Waals surface area contributed by atoms with Gasteiger partial charge in [-0.15, -0.1) is 10.2 Å². The highest BCUT2D eigenvalue weighted by Gasteiger charge is 2.50. The van der Waals surface area contributed by atoms with Crippen LogP contribution in [-0.2, 0) is 5.41 Å². The number of rotatable bonds is 3. The molecule has 1 aliphatic carbocycles. The van der Waals surface area contributed by atoms with Crippen LogP contribution < -0.4 is 0 Å². The molecule has 6 nitrogen and oxygen atoms in total. The maximum absolute atomic E-state index is 9.53. The fourth-order valence-electron chi connectivity index (χ4n) is 3.29. The van der Waals surface area contributed by atoms with Gasteiger partial charge < -0.3 is 5.11 Å². The Morgan fingerprint density at radius 2 is 1.68 bits per heavy atom. The zero-order chi connectivity index (χ0) is 16.9. The first-order valence-corrected chi connectivity index (χ1v) is 8.20. The predicted molar refractivity (Wildman–Crippen MR) is 92.1 cm³/mol. The molecule has 6 heteroatoms. The number of aromatic hydroxyl groups is 1. The van der Waals surface area contributed by atoms with Crippen LogP contribution >= 0.6 is 0 Å². The molecule has 0 aliphatic heterocycles. The lowest BCUT2D eigenvalue weighted by Gasteiger charge is -2.13. The average molecular weight is 329 g/mol. The lowest BCUT2D eigenvalue weighted by molar-refractivity contribution is 0.475. The zero-order valence-electron chi connectivity index (χ0n) is 13.4. The highest BCUT2D eigenvalue weighted by atomic mass is 16.3. The maximum Gasteiger partial charge on any atom is 0.272 e. The molecule has 1 N–H and O–H groups in total. The van der Waals surface area contributed by atoms with Gasteiger partial charge in [-0.2, -0.15) is 9.61 Å². The zero-order valence-corrected chi connectivity index (χ0v) is 13.4. The van der Waals surface area contributed by atoms with Crippen LogP contribution in [0.2, 0.25) is 0 Å². The summed E-state index contributed by atoms with van der Waals surface area (Å²) in [5.74, 6) is 1.57. The van der Waals surface area contributed by atoms with E-state index in [1.807, 2.05) is 42.5 Å². The minimum absolute atomic E-state index is 0.184. The summed E-state index contributed by atoms with van der Waals surface area (Å²) in [5, 5.41) is 22.7. The molecule has 0 radical (unpaired) electrons. The Morgan fingerprint density at radius 1 is 0.920 bits per heavy atom. The molecule has 5 rings (SSSR count). The molecule has 0 saturated heterocycles. The van der Waals surface area contributed by atoms with Crippen LogP contribution in [0, 0.1) is 0 Å². The standard InChI is InChI=1S/C19H15N5O/c25-15-8-6-14(7-9-15)19(10-11-19)17-22-23-18-21-16(12-20-24(17)18)13-4-2-1-3-5-13/h1-9,12,25H,10-11H2. The second-order valence-electron chi connectivity index (χ2n) is 6.37. The highest BCUT2D eigenvalue weighted by molar-refractivity contribution is 5.59. The van der Waals surface area contributed by atoms with Crippen molar-refractivity contribution >= 4 is 5.78 Å². The van der Waals surface area contributed by atoms with Crippen LogP contribution in [0.4, 0.5) is 0 Å². The molecule has 0 amide bonds. The van der Waals surface area contributed by atoms with Crippen molar-refractivity contribution in [1.29, 1.82) is 0 Å². The minimum atomic E-state index is -0.184. The Morgan fingerprint density at radius 3 is 2.40 bits per heavy atom. The number of phenolic OH excluding ortho intramolecular Hbond substituents is 1. The highest BCUT2D eigenvalue weighted by Crippen LogP contribution is 2.52. The SMILES string of the molecule is Oc1ccc(C2(c3nnc4nc(-c5ccccc5)cnn34)CC2)cc1. The van der Waals surface area contributed by atoms with Gasteiger partial charge in [-0.3, -0.25) is 0 Å². The molecule has 122 valence electrons. The third-order valence-corrected chi connectivity index (χ3v) is 4.81. The first-order valence-electron chi connectivity index (χ1n) is 8.20. The molecule has 0 unspecified atom stereocenters. The Balaban J connectivity index is 1.60. The molecule has 25 heavy (non-hydrogen) atoms. The van der Waals surface area contributed by atoms with Crippen LogP contribution in [0.25, 0.3) is 17.0 Å². The molecule has 2 aromatic carbocycles. The lowest BCUT2D eigenvalue weighted by atomic mass is 9.95. The number of aromatic nitrogens is 5. The van der Waals surface area contributed by atoms with E-state index in [1.54, 1.807) is 22.8 Å². The van der Waals surface area contributed by atoms with Crippen molar-refractivity contribution in [2.75, 3.05) is 0 Å². The predicted octanol–water partition coefficient (Wildman–Crippen LogP) is 2.97. The largest absolute Gasteiger partial charge is 0.508 e. The summed E-state index contributed by atoms with van der Waals surface area (Å²) in [7, 11) is 0. The first kappa shape index (κ1) is 14.1. The van der Waals surface area contributed by atoms with Crippen molar-refractivity contribution in [3.8, 4) is 17.0 Å². The van der Waals surface area contributed by atoms with Crippen LogP contribution in [-0.4, -0.2) is 29.9 Å². The second-order valence-corrected chi connectivity index (χ2v) is 6.37. The van der Waals surface area contributed by atoms with E-state index in [-0.39, 0.29) is 11.2 Å². The quantitative estimate of drug-likeness (QED) is 0.625. The van der Waals surface area contributed by atoms with Crippen LogP contribution in [0.5, 0.6) is 5.75 Å². The molecule has 2 aromatic heterocycles. The van der Waals surface area contributed by atoms with E-state index in [4.69, 9.17) is 0 Å². The molecular formula is C19H15N5O. The smallest absolute Gasteiger partial charge is 0.272 e. The van der Waals surface area contributed by atoms with Gasteiger partial charge in [-0.05, 0) is 30.5 Å². The first-order chi connectivity index (χ1) is 12.3. The van der Waals surface area contributed by atoms with Gasteiger partial charge in [0.2, 0.25) is 0 Å². The average Bonchev–Trinajstić information content (AvgIpc) is 3.35. The van der Waals surface area contributed by atoms with Gasteiger partial charge in [-0.25, -0.2) is 4.98 Å².